The van der Waals surface area contributed by atoms with Gasteiger partial charge in [0, 0.05) is 0 Å². The Morgan fingerprint density at radius 2 is 2.06 bits per heavy atom. The third-order valence-corrected chi connectivity index (χ3v) is 2.37. The van der Waals surface area contributed by atoms with E-state index in [1.54, 1.807) is 19.1 Å². The highest BCUT2D eigenvalue weighted by molar-refractivity contribution is 5.73. The van der Waals surface area contributed by atoms with Gasteiger partial charge in [-0.3, -0.25) is 4.79 Å². The summed E-state index contributed by atoms with van der Waals surface area (Å²) in [6.45, 7) is 3.59. The van der Waals surface area contributed by atoms with Crippen molar-refractivity contribution in [3.63, 3.8) is 0 Å². The molecule has 82 valence electrons. The number of nitrogens with zero attached hydrogens (tertiary/aromatic N) is 2. The van der Waals surface area contributed by atoms with Gasteiger partial charge in [0.2, 0.25) is 0 Å². The molecule has 0 unspecified atom stereocenters. The zero-order valence-electron chi connectivity index (χ0n) is 9.07. The molecule has 2 aromatic rings. The first-order valence-electron chi connectivity index (χ1n) is 4.90. The number of carbonyl (C=O) groups is 1. The number of carbonyl (C=O) groups excluding carboxylic acids is 1. The molecule has 0 aliphatic carbocycles. The van der Waals surface area contributed by atoms with Crippen LogP contribution in [0.25, 0.3) is 5.69 Å². The van der Waals surface area contributed by atoms with Crippen LogP contribution in [0.4, 0.5) is 4.39 Å². The van der Waals surface area contributed by atoms with E-state index in [0.29, 0.717) is 5.69 Å². The Labute approximate surface area is 92.5 Å². The Kier molecular flexibility index (Phi) is 2.56. The second kappa shape index (κ2) is 3.89. The number of hydrogen-bond acceptors (Lipinski definition) is 2. The zero-order valence-corrected chi connectivity index (χ0v) is 9.07. The van der Waals surface area contributed by atoms with Crippen molar-refractivity contribution in [1.82, 2.24) is 9.78 Å². The molecule has 1 aromatic carbocycles. The van der Waals surface area contributed by atoms with Crippen LogP contribution >= 0.6 is 0 Å². The SMILES string of the molecule is Cc1cc(C=O)n(-c2ccc(F)cc2C)n1. The van der Waals surface area contributed by atoms with Gasteiger partial charge in [-0.1, -0.05) is 0 Å². The molecule has 0 radical (unpaired) electrons. The van der Waals surface area contributed by atoms with E-state index in [-0.39, 0.29) is 5.82 Å². The molecule has 2 rings (SSSR count). The van der Waals surface area contributed by atoms with Crippen LogP contribution in [0.3, 0.4) is 0 Å². The van der Waals surface area contributed by atoms with Crippen molar-refractivity contribution in [1.29, 1.82) is 0 Å². The average molecular weight is 218 g/mol. The molecule has 0 atom stereocenters. The molecule has 0 N–H and O–H groups in total. The maximum Gasteiger partial charge on any atom is 0.168 e. The van der Waals surface area contributed by atoms with Gasteiger partial charge in [0.1, 0.15) is 11.5 Å². The van der Waals surface area contributed by atoms with E-state index in [1.807, 2.05) is 6.92 Å². The molecule has 3 nitrogen and oxygen atoms in total. The molecule has 0 fully saturated rings. The summed E-state index contributed by atoms with van der Waals surface area (Å²) in [6, 6.07) is 6.08. The average Bonchev–Trinajstić information content (AvgIpc) is 2.59. The zero-order chi connectivity index (χ0) is 11.7. The van der Waals surface area contributed by atoms with Gasteiger partial charge in [-0.25, -0.2) is 9.07 Å². The summed E-state index contributed by atoms with van der Waals surface area (Å²) in [7, 11) is 0. The van der Waals surface area contributed by atoms with E-state index in [9.17, 15) is 9.18 Å². The maximum absolute atomic E-state index is 13.0. The van der Waals surface area contributed by atoms with Crippen molar-refractivity contribution in [3.8, 4) is 5.69 Å². The highest BCUT2D eigenvalue weighted by Gasteiger charge is 2.09. The fourth-order valence-electron chi connectivity index (χ4n) is 1.65. The lowest BCUT2D eigenvalue weighted by Gasteiger charge is -2.07. The first kappa shape index (κ1) is 10.5. The molecule has 0 saturated heterocycles. The van der Waals surface area contributed by atoms with Crippen molar-refractivity contribution < 1.29 is 9.18 Å². The van der Waals surface area contributed by atoms with Crippen molar-refractivity contribution in [2.45, 2.75) is 13.8 Å². The Hall–Kier alpha value is -1.97. The van der Waals surface area contributed by atoms with Gasteiger partial charge < -0.3 is 0 Å². The van der Waals surface area contributed by atoms with Crippen molar-refractivity contribution in [2.75, 3.05) is 0 Å². The van der Waals surface area contributed by atoms with E-state index < -0.39 is 0 Å². The first-order valence-corrected chi connectivity index (χ1v) is 4.90. The number of benzene rings is 1. The Balaban J connectivity index is 2.62. The predicted octanol–water partition coefficient (Wildman–Crippen LogP) is 2.44. The van der Waals surface area contributed by atoms with E-state index >= 15 is 0 Å². The largest absolute Gasteiger partial charge is 0.296 e. The van der Waals surface area contributed by atoms with E-state index in [0.717, 1.165) is 23.2 Å². The van der Waals surface area contributed by atoms with Gasteiger partial charge in [-0.05, 0) is 43.7 Å². The molecule has 0 amide bonds. The number of aldehydes is 1. The van der Waals surface area contributed by atoms with Crippen LogP contribution in [0.5, 0.6) is 0 Å². The lowest BCUT2D eigenvalue weighted by atomic mass is 10.2. The molecular formula is C12H11FN2O. The van der Waals surface area contributed by atoms with Crippen molar-refractivity contribution in [2.24, 2.45) is 0 Å². The molecule has 4 heteroatoms. The molecule has 16 heavy (non-hydrogen) atoms. The van der Waals surface area contributed by atoms with Gasteiger partial charge in [-0.15, -0.1) is 0 Å². The molecule has 0 aliphatic heterocycles. The normalized spacial score (nSPS) is 10.4. The molecule has 0 bridgehead atoms. The summed E-state index contributed by atoms with van der Waals surface area (Å²) >= 11 is 0. The Bertz CT molecular complexity index is 546. The summed E-state index contributed by atoms with van der Waals surface area (Å²) < 4.78 is 14.5. The van der Waals surface area contributed by atoms with E-state index in [2.05, 4.69) is 5.10 Å². The lowest BCUT2D eigenvalue weighted by Crippen LogP contribution is -2.03. The molecule has 1 heterocycles. The van der Waals surface area contributed by atoms with Crippen LogP contribution in [0.15, 0.2) is 24.3 Å². The summed E-state index contributed by atoms with van der Waals surface area (Å²) in [4.78, 5) is 10.9. The number of rotatable bonds is 2. The van der Waals surface area contributed by atoms with Crippen molar-refractivity contribution in [3.05, 3.63) is 47.0 Å². The third-order valence-electron chi connectivity index (χ3n) is 2.37. The topological polar surface area (TPSA) is 34.9 Å². The second-order valence-electron chi connectivity index (χ2n) is 3.67. The minimum Gasteiger partial charge on any atom is -0.296 e. The predicted molar refractivity (Wildman–Crippen MR) is 58.4 cm³/mol. The van der Waals surface area contributed by atoms with Gasteiger partial charge >= 0.3 is 0 Å². The lowest BCUT2D eigenvalue weighted by molar-refractivity contribution is 0.111. The first-order chi connectivity index (χ1) is 7.61. The van der Waals surface area contributed by atoms with Crippen LogP contribution in [-0.4, -0.2) is 16.1 Å². The minimum absolute atomic E-state index is 0.294. The summed E-state index contributed by atoms with van der Waals surface area (Å²) in [5.74, 6) is -0.294. The third kappa shape index (κ3) is 1.74. The van der Waals surface area contributed by atoms with E-state index in [1.165, 1.54) is 16.8 Å². The smallest absolute Gasteiger partial charge is 0.168 e. The number of hydrogen-bond donors (Lipinski definition) is 0. The monoisotopic (exact) mass is 218 g/mol. The van der Waals surface area contributed by atoms with Crippen molar-refractivity contribution >= 4 is 6.29 Å². The Morgan fingerprint density at radius 3 is 2.69 bits per heavy atom. The highest BCUT2D eigenvalue weighted by Crippen LogP contribution is 2.16. The summed E-state index contributed by atoms with van der Waals surface area (Å²) in [6.07, 6.45) is 0.739. The molecule has 0 aliphatic rings. The standard InChI is InChI=1S/C12H11FN2O/c1-8-5-10(13)3-4-12(8)15-11(7-16)6-9(2)14-15/h3-7H,1-2H3. The molecule has 1 aromatic heterocycles. The molecule has 0 saturated carbocycles. The van der Waals surface area contributed by atoms with Gasteiger partial charge in [0.15, 0.2) is 6.29 Å². The van der Waals surface area contributed by atoms with Crippen LogP contribution in [0, 0.1) is 19.7 Å². The Morgan fingerprint density at radius 1 is 1.31 bits per heavy atom. The van der Waals surface area contributed by atoms with Gasteiger partial charge in [0.05, 0.1) is 11.4 Å². The molecular weight excluding hydrogens is 207 g/mol. The van der Waals surface area contributed by atoms with E-state index in [4.69, 9.17) is 0 Å². The van der Waals surface area contributed by atoms with Crippen LogP contribution in [0.1, 0.15) is 21.7 Å². The van der Waals surface area contributed by atoms with Gasteiger partial charge in [-0.2, -0.15) is 5.10 Å². The number of aromatic nitrogens is 2. The summed E-state index contributed by atoms with van der Waals surface area (Å²) in [5.41, 5.74) is 2.68. The van der Waals surface area contributed by atoms with Crippen LogP contribution in [-0.2, 0) is 0 Å². The maximum atomic E-state index is 13.0. The number of halogens is 1. The van der Waals surface area contributed by atoms with Crippen LogP contribution in [0.2, 0.25) is 0 Å². The van der Waals surface area contributed by atoms with Gasteiger partial charge in [0.25, 0.3) is 0 Å². The summed E-state index contributed by atoms with van der Waals surface area (Å²) in [5, 5.41) is 4.21. The van der Waals surface area contributed by atoms with Crippen LogP contribution < -0.4 is 0 Å². The highest BCUT2D eigenvalue weighted by atomic mass is 19.1. The second-order valence-corrected chi connectivity index (χ2v) is 3.67. The fourth-order valence-corrected chi connectivity index (χ4v) is 1.65. The molecule has 0 spiro atoms. The fraction of sp³-hybridized carbons (Fsp3) is 0.167. The number of aryl methyl sites for hydroxylation is 2. The quantitative estimate of drug-likeness (QED) is 0.725. The minimum atomic E-state index is -0.294.